The molecule has 5 rings (SSSR count). The monoisotopic (exact) mass is 443 g/mol. The van der Waals surface area contributed by atoms with Crippen molar-refractivity contribution in [1.82, 2.24) is 14.9 Å². The van der Waals surface area contributed by atoms with Crippen LogP contribution in [0.4, 0.5) is 0 Å². The Kier molecular flexibility index (Phi) is 6.22. The van der Waals surface area contributed by atoms with Gasteiger partial charge in [-0.05, 0) is 61.3 Å². The van der Waals surface area contributed by atoms with E-state index in [1.807, 2.05) is 48.6 Å². The van der Waals surface area contributed by atoms with Crippen LogP contribution in [0.5, 0.6) is 5.88 Å². The standard InChI is InChI=1S/C27H29N3O3/c1-32-23-9-4-10-24-22(23)19-20(21-8-5-15-29-26(21)33-24)7-6-16-30-17-12-27(31,13-18-30)25-11-2-3-14-28-25/h2-5,7-11,14-15,19,23,31H,6,12-13,16-18H2,1H3. The maximum absolute atomic E-state index is 11.0. The first-order chi connectivity index (χ1) is 16.2. The maximum Gasteiger partial charge on any atom is 0.227 e. The number of piperidine rings is 1. The molecule has 6 nitrogen and oxygen atoms in total. The summed E-state index contributed by atoms with van der Waals surface area (Å²) in [6, 6.07) is 9.73. The fourth-order valence-electron chi connectivity index (χ4n) is 4.69. The molecule has 1 atom stereocenters. The highest BCUT2D eigenvalue weighted by Gasteiger charge is 2.34. The van der Waals surface area contributed by atoms with Crippen LogP contribution in [0.25, 0.3) is 5.57 Å². The number of aromatic nitrogens is 2. The third-order valence-electron chi connectivity index (χ3n) is 6.61. The minimum absolute atomic E-state index is 0.144. The highest BCUT2D eigenvalue weighted by Crippen LogP contribution is 2.36. The van der Waals surface area contributed by atoms with E-state index in [0.29, 0.717) is 18.7 Å². The summed E-state index contributed by atoms with van der Waals surface area (Å²) >= 11 is 0. The smallest absolute Gasteiger partial charge is 0.227 e. The topological polar surface area (TPSA) is 67.7 Å². The summed E-state index contributed by atoms with van der Waals surface area (Å²) in [6.07, 6.45) is 16.0. The van der Waals surface area contributed by atoms with E-state index >= 15 is 0 Å². The number of hydrogen-bond donors (Lipinski definition) is 1. The molecule has 1 fully saturated rings. The zero-order chi connectivity index (χ0) is 22.7. The van der Waals surface area contributed by atoms with Crippen LogP contribution in [0.2, 0.25) is 0 Å². The SMILES string of the molecule is COC1C=CC=C2Oc3ncccc3C(=CCCN3CCC(O)(c4ccccn4)CC3)C=C21. The van der Waals surface area contributed by atoms with E-state index in [-0.39, 0.29) is 6.10 Å². The Morgan fingerprint density at radius 2 is 2.03 bits per heavy atom. The van der Waals surface area contributed by atoms with E-state index in [0.717, 1.165) is 54.2 Å². The summed E-state index contributed by atoms with van der Waals surface area (Å²) in [4.78, 5) is 11.3. The largest absolute Gasteiger partial charge is 0.438 e. The Labute approximate surface area is 194 Å². The molecule has 6 heteroatoms. The van der Waals surface area contributed by atoms with Gasteiger partial charge in [0.25, 0.3) is 0 Å². The van der Waals surface area contributed by atoms with E-state index in [4.69, 9.17) is 9.47 Å². The fraction of sp³-hybridized carbons (Fsp3) is 0.333. The molecule has 1 saturated heterocycles. The second-order valence-corrected chi connectivity index (χ2v) is 8.67. The van der Waals surface area contributed by atoms with Gasteiger partial charge >= 0.3 is 0 Å². The number of ether oxygens (including phenoxy) is 2. The number of likely N-dealkylation sites (tertiary alicyclic amines) is 1. The van der Waals surface area contributed by atoms with Crippen molar-refractivity contribution in [2.45, 2.75) is 31.0 Å². The molecule has 1 unspecified atom stereocenters. The third-order valence-corrected chi connectivity index (χ3v) is 6.61. The van der Waals surface area contributed by atoms with E-state index in [9.17, 15) is 5.11 Å². The molecular weight excluding hydrogens is 414 g/mol. The molecule has 2 aromatic heterocycles. The van der Waals surface area contributed by atoms with Crippen molar-refractivity contribution in [2.75, 3.05) is 26.7 Å². The van der Waals surface area contributed by atoms with E-state index in [2.05, 4.69) is 27.0 Å². The van der Waals surface area contributed by atoms with Crippen LogP contribution in [-0.2, 0) is 10.3 Å². The molecule has 0 bridgehead atoms. The second-order valence-electron chi connectivity index (χ2n) is 8.67. The number of allylic oxidation sites excluding steroid dienone is 4. The van der Waals surface area contributed by atoms with Gasteiger partial charge in [-0.3, -0.25) is 4.98 Å². The molecule has 1 N–H and O–H groups in total. The predicted octanol–water partition coefficient (Wildman–Crippen LogP) is 4.02. The van der Waals surface area contributed by atoms with Crippen molar-refractivity contribution in [3.63, 3.8) is 0 Å². The molecule has 0 aromatic carbocycles. The van der Waals surface area contributed by atoms with Crippen LogP contribution in [-0.4, -0.2) is 52.8 Å². The van der Waals surface area contributed by atoms with Crippen molar-refractivity contribution in [3.05, 3.63) is 95.7 Å². The third kappa shape index (κ3) is 4.55. The molecule has 170 valence electrons. The number of fused-ring (bicyclic) bond motifs is 2. The molecule has 0 saturated carbocycles. The summed E-state index contributed by atoms with van der Waals surface area (Å²) in [7, 11) is 1.71. The van der Waals surface area contributed by atoms with Gasteiger partial charge in [-0.15, -0.1) is 0 Å². The number of rotatable bonds is 5. The lowest BCUT2D eigenvalue weighted by atomic mass is 9.87. The van der Waals surface area contributed by atoms with Gasteiger partial charge < -0.3 is 19.5 Å². The first-order valence-corrected chi connectivity index (χ1v) is 11.5. The van der Waals surface area contributed by atoms with Crippen molar-refractivity contribution in [3.8, 4) is 5.88 Å². The molecule has 2 aliphatic heterocycles. The average Bonchev–Trinajstić information content (AvgIpc) is 3.02. The molecular formula is C27H29N3O3. The summed E-state index contributed by atoms with van der Waals surface area (Å²) < 4.78 is 11.8. The van der Waals surface area contributed by atoms with Crippen LogP contribution in [0, 0.1) is 0 Å². The lowest BCUT2D eigenvalue weighted by molar-refractivity contribution is -0.0288. The highest BCUT2D eigenvalue weighted by atomic mass is 16.5. The van der Waals surface area contributed by atoms with Gasteiger partial charge in [0.15, 0.2) is 0 Å². The van der Waals surface area contributed by atoms with Crippen molar-refractivity contribution in [2.24, 2.45) is 0 Å². The van der Waals surface area contributed by atoms with Crippen LogP contribution < -0.4 is 4.74 Å². The zero-order valence-electron chi connectivity index (χ0n) is 18.9. The van der Waals surface area contributed by atoms with Gasteiger partial charge in [0, 0.05) is 50.3 Å². The van der Waals surface area contributed by atoms with Crippen molar-refractivity contribution in [1.29, 1.82) is 0 Å². The van der Waals surface area contributed by atoms with Gasteiger partial charge in [-0.2, -0.15) is 0 Å². The Bertz CT molecular complexity index is 1110. The van der Waals surface area contributed by atoms with Crippen molar-refractivity contribution >= 4 is 5.57 Å². The molecule has 0 amide bonds. The van der Waals surface area contributed by atoms with E-state index in [1.54, 1.807) is 19.5 Å². The van der Waals surface area contributed by atoms with Crippen LogP contribution in [0.15, 0.2) is 84.4 Å². The van der Waals surface area contributed by atoms with Crippen LogP contribution in [0.3, 0.4) is 0 Å². The Balaban J connectivity index is 1.30. The molecule has 3 aliphatic rings. The summed E-state index contributed by atoms with van der Waals surface area (Å²) in [5.74, 6) is 1.39. The highest BCUT2D eigenvalue weighted by molar-refractivity contribution is 5.80. The van der Waals surface area contributed by atoms with Gasteiger partial charge in [0.05, 0.1) is 5.69 Å². The Morgan fingerprint density at radius 1 is 1.18 bits per heavy atom. The maximum atomic E-state index is 11.0. The van der Waals surface area contributed by atoms with Gasteiger partial charge in [-0.25, -0.2) is 4.98 Å². The normalized spacial score (nSPS) is 23.1. The van der Waals surface area contributed by atoms with Crippen LogP contribution >= 0.6 is 0 Å². The number of aliphatic hydroxyl groups is 1. The van der Waals surface area contributed by atoms with E-state index in [1.165, 1.54) is 0 Å². The molecule has 0 radical (unpaired) electrons. The Hall–Kier alpha value is -3.06. The summed E-state index contributed by atoms with van der Waals surface area (Å²) in [5.41, 5.74) is 3.03. The van der Waals surface area contributed by atoms with Gasteiger partial charge in [0.2, 0.25) is 5.88 Å². The molecule has 0 spiro atoms. The summed E-state index contributed by atoms with van der Waals surface area (Å²) in [6.45, 7) is 2.63. The molecule has 33 heavy (non-hydrogen) atoms. The first kappa shape index (κ1) is 21.8. The molecule has 1 aliphatic carbocycles. The minimum atomic E-state index is -0.823. The zero-order valence-corrected chi connectivity index (χ0v) is 18.9. The molecule has 2 aromatic rings. The van der Waals surface area contributed by atoms with E-state index < -0.39 is 5.60 Å². The van der Waals surface area contributed by atoms with Crippen molar-refractivity contribution < 1.29 is 14.6 Å². The number of methoxy groups -OCH3 is 1. The fourth-order valence-corrected chi connectivity index (χ4v) is 4.69. The van der Waals surface area contributed by atoms with Gasteiger partial charge in [-0.1, -0.05) is 24.3 Å². The number of nitrogens with zero attached hydrogens (tertiary/aromatic N) is 3. The Morgan fingerprint density at radius 3 is 2.82 bits per heavy atom. The first-order valence-electron chi connectivity index (χ1n) is 11.5. The van der Waals surface area contributed by atoms with Gasteiger partial charge in [0.1, 0.15) is 17.5 Å². The molecule has 4 heterocycles. The second kappa shape index (κ2) is 9.43. The van der Waals surface area contributed by atoms with Crippen LogP contribution in [0.1, 0.15) is 30.5 Å². The predicted molar refractivity (Wildman–Crippen MR) is 127 cm³/mol. The number of hydrogen-bond acceptors (Lipinski definition) is 6. The number of pyridine rings is 2. The summed E-state index contributed by atoms with van der Waals surface area (Å²) in [5, 5.41) is 11.0. The average molecular weight is 444 g/mol. The lowest BCUT2D eigenvalue weighted by Gasteiger charge is -2.37. The minimum Gasteiger partial charge on any atom is -0.438 e. The quantitative estimate of drug-likeness (QED) is 0.753. The lowest BCUT2D eigenvalue weighted by Crippen LogP contribution is -2.43.